The second-order valence-corrected chi connectivity index (χ2v) is 37.6. The van der Waals surface area contributed by atoms with E-state index >= 15 is 0 Å². The second kappa shape index (κ2) is 49.7. The molecule has 6 fully saturated rings. The third-order valence-electron chi connectivity index (χ3n) is 24.2. The van der Waals surface area contributed by atoms with Crippen molar-refractivity contribution in [2.75, 3.05) is 94.9 Å². The van der Waals surface area contributed by atoms with E-state index in [-0.39, 0.29) is 138 Å². The Kier molecular flexibility index (Phi) is 41.1. The molecule has 12 heterocycles. The molecule has 0 unspecified atom stereocenters. The molecular weight excluding hydrogens is 1670 g/mol. The fraction of sp³-hybridized carbons (Fsp3) is 0.515. The summed E-state index contributed by atoms with van der Waals surface area (Å²) in [6, 6.07) is 35.9. The smallest absolute Gasteiger partial charge is 0.870 e. The van der Waals surface area contributed by atoms with Gasteiger partial charge < -0.3 is 82.1 Å². The van der Waals surface area contributed by atoms with Crippen LogP contribution in [0.15, 0.2) is 128 Å². The summed E-state index contributed by atoms with van der Waals surface area (Å²) in [6.45, 7) is 34.3. The van der Waals surface area contributed by atoms with Gasteiger partial charge in [-0.15, -0.1) is 12.4 Å². The van der Waals surface area contributed by atoms with Crippen LogP contribution in [0.25, 0.3) is 32.7 Å². The first kappa shape index (κ1) is 108. The number of likely N-dealkylation sites (tertiary alicyclic amines) is 6. The quantitative estimate of drug-likeness (QED) is 0.0360. The maximum absolute atomic E-state index is 13.5. The van der Waals surface area contributed by atoms with Crippen LogP contribution in [0, 0.1) is 17.8 Å². The summed E-state index contributed by atoms with van der Waals surface area (Å²) in [6.07, 6.45) is 14.0. The number of fused-ring (bicyclic) bond motifs is 3. The number of H-pyrrole nitrogens is 3. The third-order valence-corrected chi connectivity index (χ3v) is 24.2. The Morgan fingerprint density at radius 3 is 0.992 bits per heavy atom. The van der Waals surface area contributed by atoms with Crippen molar-refractivity contribution in [3.8, 4) is 0 Å². The number of carbonyl (C=O) groups is 8. The predicted octanol–water partition coefficient (Wildman–Crippen LogP) is 7.24. The summed E-state index contributed by atoms with van der Waals surface area (Å²) in [4.78, 5) is 138. The number of carbonyl (C=O) groups excluding carboxylic acids is 8. The molecule has 15 rings (SSSR count). The van der Waals surface area contributed by atoms with Gasteiger partial charge >= 0.3 is 49.9 Å². The second-order valence-electron chi connectivity index (χ2n) is 37.6. The zero-order valence-corrected chi connectivity index (χ0v) is 79.8. The molecule has 14 N–H and O–H groups in total. The molecule has 9 aromatic rings. The molecule has 6 saturated heterocycles. The number of nitrogens with zero attached hydrogens (tertiary/aromatic N) is 9. The topological polar surface area (TPSA) is 445 Å². The number of pyridine rings is 3. The van der Waals surface area contributed by atoms with Crippen LogP contribution in [0.1, 0.15) is 243 Å². The van der Waals surface area contributed by atoms with Crippen molar-refractivity contribution in [2.24, 2.45) is 23.5 Å². The number of amides is 7. The molecule has 0 radical (unpaired) electrons. The molecule has 0 aliphatic carbocycles. The molecule has 3 aromatic carbocycles. The molecule has 0 bridgehead atoms. The van der Waals surface area contributed by atoms with E-state index in [0.29, 0.717) is 73.5 Å². The molecule has 700 valence electrons. The first-order chi connectivity index (χ1) is 60.1. The van der Waals surface area contributed by atoms with Gasteiger partial charge in [0.2, 0.25) is 17.7 Å². The van der Waals surface area contributed by atoms with Gasteiger partial charge in [0.15, 0.2) is 0 Å². The Morgan fingerprint density at radius 1 is 0.435 bits per heavy atom. The Bertz CT molecular complexity index is 5230. The summed E-state index contributed by atoms with van der Waals surface area (Å²) >= 11 is 0. The minimum absolute atomic E-state index is 0. The van der Waals surface area contributed by atoms with Gasteiger partial charge in [-0.2, -0.15) is 0 Å². The van der Waals surface area contributed by atoms with E-state index in [2.05, 4.69) is 82.9 Å². The molecule has 0 spiro atoms. The number of aromatic carboxylic acids is 1. The zero-order valence-electron chi connectivity index (χ0n) is 78.9. The molecule has 131 heavy (non-hydrogen) atoms. The van der Waals surface area contributed by atoms with E-state index in [1.165, 1.54) is 0 Å². The van der Waals surface area contributed by atoms with E-state index in [9.17, 15) is 43.5 Å². The molecule has 7 amide bonds. The summed E-state index contributed by atoms with van der Waals surface area (Å²) in [5.74, 6) is 1.57. The van der Waals surface area contributed by atoms with Crippen LogP contribution in [0.2, 0.25) is 0 Å². The van der Waals surface area contributed by atoms with Crippen LogP contribution >= 0.6 is 12.4 Å². The number of piperidine rings is 6. The number of aromatic amines is 3. The number of rotatable bonds is 19. The SMILES string of the molecule is CC(C)(C)OC(=O)Nc1cc(CN2CCC(C(=O)N3CCC(c4c(C(=O)[O-])[nH]c5ccccc45)CC3)CC2)ccn1.CC(C)N.CC(C)NC(=O)c1[nH]c2ccccc2c1C1CCN(C(=O)C2CCN(Cc3ccnc(N)c3)CC2)CC1.CC(C)NC(=O)c1[nH]c2ccccc2c1C1CCN(C(=O)C2CCN(Cc3ccnc(NC(=O)OC(C)(C)C)c3)CC2)CC1.Cl.O.[Li+].[Li+].[OH-]. The van der Waals surface area contributed by atoms with E-state index in [1.54, 1.807) is 18.6 Å². The molecular formula is C97H135ClLi2N18O13. The molecule has 6 aromatic heterocycles. The van der Waals surface area contributed by atoms with Crippen LogP contribution in [-0.4, -0.2) is 226 Å². The number of carboxylic acid groups (broad SMARTS) is 1. The molecule has 34 heteroatoms. The average molecular weight is 1810 g/mol. The number of para-hydroxylation sites is 3. The fourth-order valence-corrected chi connectivity index (χ4v) is 18.4. The first-order valence-corrected chi connectivity index (χ1v) is 45.2. The van der Waals surface area contributed by atoms with Crippen molar-refractivity contribution in [1.82, 2.24) is 69.9 Å². The molecule has 0 saturated carbocycles. The molecule has 6 aliphatic rings. The summed E-state index contributed by atoms with van der Waals surface area (Å²) in [5.41, 5.74) is 20.3. The number of hydrogen-bond acceptors (Lipinski definition) is 20. The van der Waals surface area contributed by atoms with Crippen molar-refractivity contribution in [3.63, 3.8) is 0 Å². The Balaban J connectivity index is 0.000000259. The van der Waals surface area contributed by atoms with Crippen molar-refractivity contribution in [1.29, 1.82) is 0 Å². The van der Waals surface area contributed by atoms with Gasteiger partial charge in [-0.05, 0) is 297 Å². The van der Waals surface area contributed by atoms with Crippen molar-refractivity contribution in [2.45, 2.75) is 227 Å². The number of nitrogens with two attached hydrogens (primary N) is 2. The maximum atomic E-state index is 13.5. The first-order valence-electron chi connectivity index (χ1n) is 45.2. The average Bonchev–Trinajstić information content (AvgIpc) is 1.64. The van der Waals surface area contributed by atoms with Crippen LogP contribution in [0.5, 0.6) is 0 Å². The van der Waals surface area contributed by atoms with Crippen molar-refractivity contribution >= 4 is 110 Å². The van der Waals surface area contributed by atoms with Gasteiger partial charge in [0.05, 0.1) is 11.7 Å². The fourth-order valence-electron chi connectivity index (χ4n) is 18.4. The number of aromatic nitrogens is 6. The number of benzene rings is 3. The minimum Gasteiger partial charge on any atom is -0.870 e. The number of nitrogens with one attached hydrogen (secondary N) is 7. The molecule has 6 aliphatic heterocycles. The van der Waals surface area contributed by atoms with Crippen LogP contribution in [0.4, 0.5) is 27.0 Å². The zero-order chi connectivity index (χ0) is 90.1. The van der Waals surface area contributed by atoms with Gasteiger partial charge in [0.25, 0.3) is 11.8 Å². The van der Waals surface area contributed by atoms with Crippen LogP contribution < -0.4 is 75.6 Å². The number of ether oxygens (including phenoxy) is 2. The predicted molar refractivity (Wildman–Crippen MR) is 503 cm³/mol. The largest absolute Gasteiger partial charge is 1.00 e. The Hall–Kier alpha value is -9.87. The van der Waals surface area contributed by atoms with Crippen LogP contribution in [-0.2, 0) is 43.5 Å². The van der Waals surface area contributed by atoms with Crippen molar-refractivity contribution < 1.29 is 102 Å². The number of anilines is 3. The van der Waals surface area contributed by atoms with Gasteiger partial charge in [-0.25, -0.2) is 24.5 Å². The number of halogens is 1. The van der Waals surface area contributed by atoms with Gasteiger partial charge in [-0.1, -0.05) is 68.4 Å². The monoisotopic (exact) mass is 1810 g/mol. The normalized spacial score (nSPS) is 16.6. The molecule has 0 atom stereocenters. The Labute approximate surface area is 800 Å². The van der Waals surface area contributed by atoms with Gasteiger partial charge in [0, 0.05) is 140 Å². The van der Waals surface area contributed by atoms with Crippen molar-refractivity contribution in [3.05, 3.63) is 178 Å². The van der Waals surface area contributed by atoms with E-state index < -0.39 is 29.4 Å². The van der Waals surface area contributed by atoms with Gasteiger partial charge in [-0.3, -0.25) is 49.3 Å². The Morgan fingerprint density at radius 2 is 0.710 bits per heavy atom. The van der Waals surface area contributed by atoms with Gasteiger partial charge in [0.1, 0.15) is 40.0 Å². The number of nitrogen functional groups attached to an aromatic ring is 1. The van der Waals surface area contributed by atoms with E-state index in [4.69, 9.17) is 20.9 Å². The number of hydrogen-bond donors (Lipinski definition) is 9. The third kappa shape index (κ3) is 30.3. The standard InChI is InChI=1S/C34H46N6O4.C31H39N5O5.C29H38N6O2.C3H9N.ClH.2Li.2H2O/c1-22(2)36-31(41)30-29(26-8-6-7-9-27(26)37-30)24-13-18-40(19-14-24)32(42)25-11-16-39(17-12-25)21-23-10-15-35-28(20-23)38-33(43)44-34(3,4)5;1-31(2,3)41-30(40)34-25-18-20(8-13-32-25)19-35-14-9-22(10-15-35)28(37)36-16-11-21(12-17-36)26-23-6-4-5-7-24(23)33-27(26)29(38)39;1-19(2)32-28(36)27-26(23-5-3-4-6-24(23)33-27)21-10-15-35(16-11-21)29(37)22-8-13-34(14-9-22)18-20-7-12-31-25(30)17-20;1-3(2)4;;;;;/h6-10,15,20,22,24-25,37H,11-14,16-19,21H2,1-5H3,(H,36,41)(H,35,38,43);4-8,13,18,21-22,33H,9-12,14-17,19H2,1-3H3,(H,38,39)(H,32,34,40);3-7,12,17,19,21-22,33H,8-11,13-16,18H2,1-2H3,(H2,30,31)(H,32,36);3H,4H2,1-2H3;1H;;;2*1H2/q;;;;;2*+1;;/p-2. The minimum atomic E-state index is -1.19. The maximum Gasteiger partial charge on any atom is 1.00 e. The molecule has 31 nitrogen and oxygen atoms in total. The summed E-state index contributed by atoms with van der Waals surface area (Å²) in [5, 5.41) is 26.4. The summed E-state index contributed by atoms with van der Waals surface area (Å²) in [7, 11) is 0. The number of carboxylic acids is 1. The van der Waals surface area contributed by atoms with E-state index in [0.717, 1.165) is 209 Å². The van der Waals surface area contributed by atoms with Crippen LogP contribution in [0.3, 0.4) is 0 Å². The van der Waals surface area contributed by atoms with E-state index in [1.807, 2.05) is 190 Å². The summed E-state index contributed by atoms with van der Waals surface area (Å²) < 4.78 is 10.6.